The first-order valence-electron chi connectivity index (χ1n) is 0.716. The van der Waals surface area contributed by atoms with E-state index in [1.54, 1.807) is 0 Å². The summed E-state index contributed by atoms with van der Waals surface area (Å²) in [5.41, 5.74) is 4.03. The summed E-state index contributed by atoms with van der Waals surface area (Å²) in [6, 6.07) is 0. The van der Waals surface area contributed by atoms with Crippen LogP contribution >= 0.6 is 0 Å². The number of carboxylic acid groups (broad SMARTS) is 1. The molecule has 9 heavy (non-hydrogen) atoms. The smallest absolute Gasteiger partial charge is 0.402 e. The predicted octanol–water partition coefficient (Wildman–Crippen LogP) is -3.68. The van der Waals surface area contributed by atoms with Gasteiger partial charge in [-0.05, 0) is 0 Å². The Morgan fingerprint density at radius 2 is 1.11 bits per heavy atom. The predicted molar refractivity (Wildman–Crippen MR) is 26.7 cm³/mol. The molecule has 8 heteroatoms. The Morgan fingerprint density at radius 1 is 1.11 bits per heavy atom. The van der Waals surface area contributed by atoms with Crippen LogP contribution < -0.4 is 5.73 Å². The third-order valence-corrected chi connectivity index (χ3v) is 0. The molecule has 0 aromatic carbocycles. The molecule has 0 aliphatic heterocycles. The Kier molecular flexibility index (Phi) is 399. The molecule has 0 atom stereocenters. The number of carbonyl (C=O) groups is 1. The van der Waals surface area contributed by atoms with Crippen molar-refractivity contribution in [1.29, 1.82) is 0 Å². The van der Waals surface area contributed by atoms with E-state index >= 15 is 0 Å². The van der Waals surface area contributed by atoms with Crippen LogP contribution in [0.4, 0.5) is 4.79 Å². The standard InChI is InChI=1S/CH3NO2.Ni.4H2O/c2-1(3)4;;;;;/h2H2,(H,3,4);;4*1H2. The Balaban J connectivity index is -0.00000000450. The zero-order valence-corrected chi connectivity index (χ0v) is 5.24. The molecular weight excluding hydrogens is 181 g/mol. The average Bonchev–Trinajstić information content (AvgIpc) is 0.811. The second kappa shape index (κ2) is 48.9. The molecule has 0 aliphatic carbocycles. The van der Waals surface area contributed by atoms with Crippen LogP contribution in [0.25, 0.3) is 0 Å². The first-order chi connectivity index (χ1) is 1.73. The van der Waals surface area contributed by atoms with Crippen LogP contribution in [0.2, 0.25) is 0 Å². The molecule has 0 fully saturated rings. The van der Waals surface area contributed by atoms with Gasteiger partial charge in [-0.1, -0.05) is 0 Å². The quantitative estimate of drug-likeness (QED) is 0.373. The minimum atomic E-state index is -1.33. The molecule has 0 rings (SSSR count). The van der Waals surface area contributed by atoms with E-state index in [0.717, 1.165) is 0 Å². The average molecular weight is 192 g/mol. The van der Waals surface area contributed by atoms with Crippen molar-refractivity contribution in [3.8, 4) is 0 Å². The van der Waals surface area contributed by atoms with Gasteiger partial charge in [-0.25, -0.2) is 4.79 Å². The van der Waals surface area contributed by atoms with Crippen LogP contribution in [0.15, 0.2) is 0 Å². The van der Waals surface area contributed by atoms with E-state index in [9.17, 15) is 0 Å². The Hall–Kier alpha value is -0.396. The van der Waals surface area contributed by atoms with Crippen molar-refractivity contribution in [2.24, 2.45) is 5.73 Å². The number of amides is 1. The monoisotopic (exact) mass is 191 g/mol. The van der Waals surface area contributed by atoms with Crippen LogP contribution in [0.5, 0.6) is 0 Å². The largest absolute Gasteiger partial charge is 0.465 e. The topological polar surface area (TPSA) is 189 Å². The van der Waals surface area contributed by atoms with Gasteiger partial charge in [0.05, 0.1) is 0 Å². The summed E-state index contributed by atoms with van der Waals surface area (Å²) in [7, 11) is 0. The molecule has 1 amide bonds. The van der Waals surface area contributed by atoms with Gasteiger partial charge in [0.2, 0.25) is 0 Å². The second-order valence-corrected chi connectivity index (χ2v) is 0.338. The number of nitrogens with two attached hydrogens (primary N) is 1. The molecule has 66 valence electrons. The third kappa shape index (κ3) is 1520. The maximum Gasteiger partial charge on any atom is 0.402 e. The number of hydrogen-bond acceptors (Lipinski definition) is 1. The van der Waals surface area contributed by atoms with Crippen LogP contribution in [-0.2, 0) is 16.5 Å². The minimum absolute atomic E-state index is 0. The molecule has 0 aromatic rings. The van der Waals surface area contributed by atoms with Gasteiger partial charge in [0.15, 0.2) is 0 Å². The van der Waals surface area contributed by atoms with Crippen LogP contribution in [0.3, 0.4) is 0 Å². The summed E-state index contributed by atoms with van der Waals surface area (Å²) in [5.74, 6) is 0. The summed E-state index contributed by atoms with van der Waals surface area (Å²) in [5, 5.41) is 7.19. The van der Waals surface area contributed by atoms with Gasteiger partial charge in [0.1, 0.15) is 0 Å². The summed E-state index contributed by atoms with van der Waals surface area (Å²) in [6.07, 6.45) is -1.33. The van der Waals surface area contributed by atoms with Gasteiger partial charge in [-0.2, -0.15) is 0 Å². The van der Waals surface area contributed by atoms with Crippen LogP contribution in [0.1, 0.15) is 0 Å². The SMILES string of the molecule is NC(=O)O.O.O.O.O.[Ni]. The van der Waals surface area contributed by atoms with Crippen LogP contribution in [0, 0.1) is 0 Å². The third-order valence-electron chi connectivity index (χ3n) is 0. The number of primary amides is 1. The van der Waals surface area contributed by atoms with Crippen molar-refractivity contribution in [2.75, 3.05) is 0 Å². The Labute approximate surface area is 61.0 Å². The number of rotatable bonds is 0. The fraction of sp³-hybridized carbons (Fsp3) is 0. The molecule has 0 saturated heterocycles. The molecule has 0 radical (unpaired) electrons. The maximum absolute atomic E-state index is 8.78. The molecular formula is CH11NNiO6. The van der Waals surface area contributed by atoms with E-state index in [-0.39, 0.29) is 38.4 Å². The van der Waals surface area contributed by atoms with Crippen molar-refractivity contribution in [3.05, 3.63) is 0 Å². The summed E-state index contributed by atoms with van der Waals surface area (Å²) in [6.45, 7) is 0. The zero-order chi connectivity index (χ0) is 3.58. The first-order valence-corrected chi connectivity index (χ1v) is 0.716. The maximum atomic E-state index is 8.78. The van der Waals surface area contributed by atoms with E-state index in [4.69, 9.17) is 9.90 Å². The summed E-state index contributed by atoms with van der Waals surface area (Å²) < 4.78 is 0. The summed E-state index contributed by atoms with van der Waals surface area (Å²) in [4.78, 5) is 8.78. The molecule has 0 bridgehead atoms. The number of hydrogen-bond donors (Lipinski definition) is 2. The fourth-order valence-electron chi connectivity index (χ4n) is 0. The van der Waals surface area contributed by atoms with E-state index in [0.29, 0.717) is 0 Å². The van der Waals surface area contributed by atoms with Gasteiger partial charge >= 0.3 is 6.09 Å². The molecule has 0 aromatic heterocycles. The van der Waals surface area contributed by atoms with Crippen molar-refractivity contribution in [1.82, 2.24) is 0 Å². The van der Waals surface area contributed by atoms with Gasteiger partial charge in [0, 0.05) is 16.5 Å². The van der Waals surface area contributed by atoms with Crippen LogP contribution in [-0.4, -0.2) is 33.1 Å². The molecule has 0 aliphatic rings. The minimum Gasteiger partial charge on any atom is -0.465 e. The molecule has 0 unspecified atom stereocenters. The molecule has 0 heterocycles. The molecule has 0 spiro atoms. The van der Waals surface area contributed by atoms with E-state index < -0.39 is 6.09 Å². The van der Waals surface area contributed by atoms with Crippen molar-refractivity contribution < 1.29 is 48.3 Å². The summed E-state index contributed by atoms with van der Waals surface area (Å²) >= 11 is 0. The fourth-order valence-corrected chi connectivity index (χ4v) is 0. The van der Waals surface area contributed by atoms with Crippen molar-refractivity contribution >= 4 is 6.09 Å². The first kappa shape index (κ1) is 73.4. The zero-order valence-electron chi connectivity index (χ0n) is 4.25. The normalized spacial score (nSPS) is 2.67. The Morgan fingerprint density at radius 3 is 1.11 bits per heavy atom. The Bertz CT molecular complexity index is 36.0. The molecule has 7 nitrogen and oxygen atoms in total. The van der Waals surface area contributed by atoms with Gasteiger partial charge in [0.25, 0.3) is 0 Å². The molecule has 0 saturated carbocycles. The van der Waals surface area contributed by atoms with E-state index in [1.165, 1.54) is 0 Å². The second-order valence-electron chi connectivity index (χ2n) is 0.338. The van der Waals surface area contributed by atoms with E-state index in [1.807, 2.05) is 0 Å². The van der Waals surface area contributed by atoms with Crippen molar-refractivity contribution in [2.45, 2.75) is 0 Å². The van der Waals surface area contributed by atoms with Gasteiger partial charge in [-0.3, -0.25) is 0 Å². The van der Waals surface area contributed by atoms with E-state index in [2.05, 4.69) is 5.73 Å². The van der Waals surface area contributed by atoms with Gasteiger partial charge in [-0.15, -0.1) is 0 Å². The van der Waals surface area contributed by atoms with Gasteiger partial charge < -0.3 is 32.7 Å². The van der Waals surface area contributed by atoms with Crippen molar-refractivity contribution in [3.63, 3.8) is 0 Å². The molecule has 11 N–H and O–H groups in total.